The summed E-state index contributed by atoms with van der Waals surface area (Å²) in [5.41, 5.74) is -1.31. The first-order chi connectivity index (χ1) is 16.9. The first-order valence-electron chi connectivity index (χ1n) is 13.5. The number of amides is 1. The van der Waals surface area contributed by atoms with Crippen LogP contribution in [0.4, 0.5) is 0 Å². The third kappa shape index (κ3) is 6.24. The van der Waals surface area contributed by atoms with Gasteiger partial charge in [-0.25, -0.2) is 18.9 Å². The number of benzene rings is 1. The predicted octanol–water partition coefficient (Wildman–Crippen LogP) is 3.39. The van der Waals surface area contributed by atoms with Crippen molar-refractivity contribution in [2.45, 2.75) is 75.9 Å². The molecule has 0 saturated carbocycles. The number of carbonyl (C=O) groups excluding carboxylic acids is 1. The van der Waals surface area contributed by atoms with E-state index < -0.39 is 29.1 Å². The van der Waals surface area contributed by atoms with Gasteiger partial charge in [-0.15, -0.1) is 0 Å². The maximum atomic E-state index is 14.6. The SMILES string of the molecule is CC(CCc1ccccc1)(C(=O)O)[N+](C)(C)C(C)(CCCC[N+](C)(C)C)C(=O)[N+]1(C)CCCC1C(=O)O. The van der Waals surface area contributed by atoms with Crippen LogP contribution in [-0.4, -0.2) is 114 Å². The first kappa shape index (κ1) is 30.9. The molecule has 0 spiro atoms. The minimum absolute atomic E-state index is 0.0500. The molecule has 1 saturated heterocycles. The molecule has 0 radical (unpaired) electrons. The van der Waals surface area contributed by atoms with Crippen molar-refractivity contribution >= 4 is 17.8 Å². The number of hydrogen-bond acceptors (Lipinski definition) is 3. The maximum Gasteiger partial charge on any atom is 0.374 e. The Hall–Kier alpha value is -2.29. The maximum absolute atomic E-state index is 14.6. The second kappa shape index (κ2) is 11.2. The molecular weight excluding hydrogens is 470 g/mol. The van der Waals surface area contributed by atoms with Crippen molar-refractivity contribution in [2.75, 3.05) is 55.4 Å². The molecule has 2 N–H and O–H groups in total. The van der Waals surface area contributed by atoms with Crippen LogP contribution < -0.4 is 0 Å². The van der Waals surface area contributed by atoms with Crippen LogP contribution in [0.15, 0.2) is 30.3 Å². The van der Waals surface area contributed by atoms with Gasteiger partial charge in [0.2, 0.25) is 5.54 Å². The summed E-state index contributed by atoms with van der Waals surface area (Å²) < 4.78 is 0.574. The van der Waals surface area contributed by atoms with Gasteiger partial charge in [0.05, 0.1) is 55.4 Å². The number of unbranched alkanes of at least 4 members (excludes halogenated alkanes) is 1. The van der Waals surface area contributed by atoms with Crippen molar-refractivity contribution in [3.05, 3.63) is 35.9 Å². The van der Waals surface area contributed by atoms with Gasteiger partial charge in [0.1, 0.15) is 0 Å². The summed E-state index contributed by atoms with van der Waals surface area (Å²) in [7, 11) is 11.8. The number of carboxylic acid groups (broad SMARTS) is 2. The van der Waals surface area contributed by atoms with E-state index in [0.717, 1.165) is 29.4 Å². The minimum atomic E-state index is -1.27. The van der Waals surface area contributed by atoms with Gasteiger partial charge in [0.25, 0.3) is 0 Å². The lowest BCUT2D eigenvalue weighted by Gasteiger charge is -2.54. The van der Waals surface area contributed by atoms with E-state index in [4.69, 9.17) is 0 Å². The number of nitrogens with zero attached hydrogens (tertiary/aromatic N) is 3. The minimum Gasteiger partial charge on any atom is -0.477 e. The van der Waals surface area contributed by atoms with Crippen molar-refractivity contribution in [3.63, 3.8) is 0 Å². The topological polar surface area (TPSA) is 91.7 Å². The average Bonchev–Trinajstić information content (AvgIpc) is 3.22. The number of carbonyl (C=O) groups is 3. The predicted molar refractivity (Wildman–Crippen MR) is 145 cm³/mol. The highest BCUT2D eigenvalue weighted by Gasteiger charge is 2.66. The molecule has 1 amide bonds. The molecule has 8 heteroatoms. The van der Waals surface area contributed by atoms with Crippen LogP contribution in [0.3, 0.4) is 0 Å². The van der Waals surface area contributed by atoms with Crippen molar-refractivity contribution < 1.29 is 38.0 Å². The van der Waals surface area contributed by atoms with Crippen molar-refractivity contribution in [2.24, 2.45) is 0 Å². The molecular formula is C29H50N3O5+3. The normalized spacial score (nSPS) is 23.7. The molecule has 4 atom stereocenters. The number of likely N-dealkylation sites (tertiary alicyclic amines) is 1. The Morgan fingerprint density at radius 1 is 0.946 bits per heavy atom. The van der Waals surface area contributed by atoms with Crippen molar-refractivity contribution in [1.29, 1.82) is 0 Å². The van der Waals surface area contributed by atoms with Gasteiger partial charge in [-0.1, -0.05) is 30.3 Å². The summed E-state index contributed by atoms with van der Waals surface area (Å²) >= 11 is 0. The van der Waals surface area contributed by atoms with Crippen LogP contribution in [0, 0.1) is 0 Å². The average molecular weight is 521 g/mol. The molecule has 1 aromatic rings. The zero-order valence-corrected chi connectivity index (χ0v) is 24.3. The first-order valence-corrected chi connectivity index (χ1v) is 13.5. The Bertz CT molecular complexity index is 974. The van der Waals surface area contributed by atoms with Crippen molar-refractivity contribution in [1.82, 2.24) is 0 Å². The Balaban J connectivity index is 2.53. The molecule has 0 aromatic heterocycles. The molecule has 0 bridgehead atoms. The molecule has 1 fully saturated rings. The summed E-state index contributed by atoms with van der Waals surface area (Å²) in [6.07, 6.45) is 4.18. The highest BCUT2D eigenvalue weighted by atomic mass is 16.4. The summed E-state index contributed by atoms with van der Waals surface area (Å²) in [6.45, 7) is 5.02. The van der Waals surface area contributed by atoms with Gasteiger partial charge in [-0.3, -0.25) is 4.48 Å². The van der Waals surface area contributed by atoms with Gasteiger partial charge in [-0.2, -0.15) is 0 Å². The molecule has 1 aliphatic heterocycles. The van der Waals surface area contributed by atoms with E-state index in [1.54, 1.807) is 14.0 Å². The van der Waals surface area contributed by atoms with Gasteiger partial charge in [0.15, 0.2) is 11.6 Å². The molecule has 37 heavy (non-hydrogen) atoms. The number of quaternary nitrogens is 3. The Labute approximate surface area is 223 Å². The van der Waals surface area contributed by atoms with Gasteiger partial charge < -0.3 is 14.7 Å². The molecule has 1 aliphatic rings. The number of aliphatic carboxylic acids is 2. The van der Waals surface area contributed by atoms with Crippen LogP contribution in [-0.2, 0) is 20.8 Å². The van der Waals surface area contributed by atoms with E-state index >= 15 is 0 Å². The lowest BCUT2D eigenvalue weighted by molar-refractivity contribution is -0.980. The highest BCUT2D eigenvalue weighted by Crippen LogP contribution is 2.42. The van der Waals surface area contributed by atoms with E-state index in [2.05, 4.69) is 21.1 Å². The molecule has 1 heterocycles. The van der Waals surface area contributed by atoms with Crippen molar-refractivity contribution in [3.8, 4) is 0 Å². The molecule has 1 aromatic carbocycles. The van der Waals surface area contributed by atoms with E-state index in [9.17, 15) is 24.6 Å². The second-order valence-electron chi connectivity index (χ2n) is 13.1. The van der Waals surface area contributed by atoms with Gasteiger partial charge in [-0.05, 0) is 24.8 Å². The van der Waals surface area contributed by atoms with Crippen LogP contribution >= 0.6 is 0 Å². The molecule has 0 aliphatic carbocycles. The summed E-state index contributed by atoms with van der Waals surface area (Å²) in [6, 6.07) is 9.00. The zero-order valence-electron chi connectivity index (χ0n) is 24.3. The Morgan fingerprint density at radius 3 is 2.05 bits per heavy atom. The zero-order chi connectivity index (χ0) is 28.3. The monoisotopic (exact) mass is 520 g/mol. The van der Waals surface area contributed by atoms with Crippen LogP contribution in [0.1, 0.15) is 57.9 Å². The smallest absolute Gasteiger partial charge is 0.374 e. The third-order valence-corrected chi connectivity index (χ3v) is 9.41. The molecule has 2 rings (SSSR count). The summed E-state index contributed by atoms with van der Waals surface area (Å²) in [4.78, 5) is 39.7. The summed E-state index contributed by atoms with van der Waals surface area (Å²) in [5, 5.41) is 20.6. The van der Waals surface area contributed by atoms with E-state index in [1.807, 2.05) is 51.4 Å². The fourth-order valence-electron chi connectivity index (χ4n) is 6.10. The summed E-state index contributed by atoms with van der Waals surface area (Å²) in [5.74, 6) is -2.08. The lowest BCUT2D eigenvalue weighted by Crippen LogP contribution is -2.78. The number of carboxylic acids is 2. The van der Waals surface area contributed by atoms with Crippen LogP contribution in [0.25, 0.3) is 0 Å². The van der Waals surface area contributed by atoms with Crippen LogP contribution in [0.2, 0.25) is 0 Å². The number of rotatable bonds is 13. The highest BCUT2D eigenvalue weighted by molar-refractivity contribution is 5.84. The fraction of sp³-hybridized carbons (Fsp3) is 0.690. The lowest BCUT2D eigenvalue weighted by atomic mass is 9.79. The molecule has 4 unspecified atom stereocenters. The Morgan fingerprint density at radius 2 is 1.54 bits per heavy atom. The largest absolute Gasteiger partial charge is 0.477 e. The standard InChI is InChI=1S/C29H48N3O5/c1-28(19-12-13-21-30(3,4)5,26(35)32(8)22-14-17-24(32)25(33)34)31(6,7)29(2,27(36)37)20-18-23-15-10-9-11-16-23/h9-11,15-16,24H,12-14,17-22H2,1-8H3/q+1/p+2. The second-order valence-corrected chi connectivity index (χ2v) is 13.1. The van der Waals surface area contributed by atoms with Crippen LogP contribution in [0.5, 0.6) is 0 Å². The van der Waals surface area contributed by atoms with E-state index in [0.29, 0.717) is 38.6 Å². The molecule has 208 valence electrons. The third-order valence-electron chi connectivity index (χ3n) is 9.41. The number of hydrogen-bond donors (Lipinski definition) is 2. The quantitative estimate of drug-likeness (QED) is 0.307. The number of aryl methyl sites for hydroxylation is 1. The van der Waals surface area contributed by atoms with E-state index in [-0.39, 0.29) is 14.9 Å². The van der Waals surface area contributed by atoms with E-state index in [1.165, 1.54) is 0 Å². The van der Waals surface area contributed by atoms with Gasteiger partial charge in [0, 0.05) is 39.5 Å². The Kier molecular flexibility index (Phi) is 9.38. The number of likely N-dealkylation sites (N-methyl/N-ethyl adjacent to an activating group) is 2. The molecule has 8 nitrogen and oxygen atoms in total. The fourth-order valence-corrected chi connectivity index (χ4v) is 6.10. The van der Waals surface area contributed by atoms with Gasteiger partial charge >= 0.3 is 17.8 Å².